The van der Waals surface area contributed by atoms with Gasteiger partial charge in [-0.2, -0.15) is 0 Å². The van der Waals surface area contributed by atoms with Gasteiger partial charge >= 0.3 is 0 Å². The zero-order valence-electron chi connectivity index (χ0n) is 7.29. The van der Waals surface area contributed by atoms with Crippen molar-refractivity contribution in [1.82, 2.24) is 0 Å². The molecule has 0 aromatic heterocycles. The maximum atomic E-state index is 11.5. The fourth-order valence-electron chi connectivity index (χ4n) is 2.12. The highest BCUT2D eigenvalue weighted by atomic mass is 16.1. The van der Waals surface area contributed by atoms with Crippen molar-refractivity contribution >= 4 is 5.78 Å². The fraction of sp³-hybridized carbons (Fsp3) is 0.250. The normalized spacial score (nSPS) is 21.7. The monoisotopic (exact) mass is 170 g/mol. The topological polar surface area (TPSA) is 17.1 Å². The van der Waals surface area contributed by atoms with E-state index in [-0.39, 0.29) is 11.2 Å². The van der Waals surface area contributed by atoms with Crippen molar-refractivity contribution < 1.29 is 4.79 Å². The highest BCUT2D eigenvalue weighted by molar-refractivity contribution is 6.07. The van der Waals surface area contributed by atoms with Gasteiger partial charge in [-0.05, 0) is 24.5 Å². The quantitative estimate of drug-likeness (QED) is 0.584. The number of allylic oxidation sites excluding steroid dienone is 2. The molecule has 0 unspecified atom stereocenters. The van der Waals surface area contributed by atoms with Crippen LogP contribution in [-0.2, 0) is 5.41 Å². The van der Waals surface area contributed by atoms with Gasteiger partial charge in [0, 0.05) is 11.0 Å². The third-order valence-electron chi connectivity index (χ3n) is 3.07. The van der Waals surface area contributed by atoms with Crippen LogP contribution < -0.4 is 0 Å². The lowest BCUT2D eigenvalue weighted by Gasteiger charge is -2.18. The molecule has 1 nitrogen and oxygen atoms in total. The lowest BCUT2D eigenvalue weighted by Crippen LogP contribution is -2.14. The summed E-state index contributed by atoms with van der Waals surface area (Å²) in [6, 6.07) is 7.97. The van der Waals surface area contributed by atoms with Gasteiger partial charge in [-0.3, -0.25) is 4.79 Å². The number of fused-ring (bicyclic) bond motifs is 2. The van der Waals surface area contributed by atoms with E-state index >= 15 is 0 Å². The summed E-state index contributed by atoms with van der Waals surface area (Å²) in [7, 11) is 0. The Morgan fingerprint density at radius 2 is 1.92 bits per heavy atom. The average Bonchev–Trinajstić information content (AvgIpc) is 2.94. The molecule has 13 heavy (non-hydrogen) atoms. The zero-order valence-corrected chi connectivity index (χ0v) is 7.29. The first-order chi connectivity index (χ1) is 6.32. The molecule has 0 atom stereocenters. The van der Waals surface area contributed by atoms with E-state index in [1.54, 1.807) is 6.08 Å². The van der Waals surface area contributed by atoms with Crippen molar-refractivity contribution in [3.8, 4) is 0 Å². The summed E-state index contributed by atoms with van der Waals surface area (Å²) in [5.74, 6) is 0.160. The number of rotatable bonds is 0. The number of hydrogen-bond donors (Lipinski definition) is 0. The molecule has 1 saturated carbocycles. The van der Waals surface area contributed by atoms with Gasteiger partial charge in [0.15, 0.2) is 5.78 Å². The SMILES string of the molecule is O=C1C=CC2(CC2)c2ccccc21. The van der Waals surface area contributed by atoms with Gasteiger partial charge in [0.25, 0.3) is 0 Å². The van der Waals surface area contributed by atoms with Gasteiger partial charge in [0.1, 0.15) is 0 Å². The van der Waals surface area contributed by atoms with E-state index in [1.165, 1.54) is 18.4 Å². The van der Waals surface area contributed by atoms with Crippen LogP contribution in [-0.4, -0.2) is 5.78 Å². The standard InChI is InChI=1S/C12H10O/c13-11-5-6-12(7-8-12)10-4-2-1-3-9(10)11/h1-6H,7-8H2. The molecule has 0 aliphatic heterocycles. The van der Waals surface area contributed by atoms with Crippen molar-refractivity contribution in [3.05, 3.63) is 47.5 Å². The van der Waals surface area contributed by atoms with Crippen molar-refractivity contribution in [3.63, 3.8) is 0 Å². The molecular weight excluding hydrogens is 160 g/mol. The molecule has 2 aliphatic carbocycles. The van der Waals surface area contributed by atoms with Crippen LogP contribution in [0.3, 0.4) is 0 Å². The molecule has 1 heteroatoms. The molecule has 0 radical (unpaired) electrons. The first-order valence-electron chi connectivity index (χ1n) is 4.65. The number of hydrogen-bond acceptors (Lipinski definition) is 1. The van der Waals surface area contributed by atoms with E-state index in [4.69, 9.17) is 0 Å². The van der Waals surface area contributed by atoms with E-state index in [1.807, 2.05) is 18.2 Å². The summed E-state index contributed by atoms with van der Waals surface area (Å²) < 4.78 is 0. The molecule has 3 rings (SSSR count). The Morgan fingerprint density at radius 3 is 2.69 bits per heavy atom. The first-order valence-corrected chi connectivity index (χ1v) is 4.65. The third-order valence-corrected chi connectivity index (χ3v) is 3.07. The van der Waals surface area contributed by atoms with E-state index in [0.29, 0.717) is 0 Å². The number of ketones is 1. The molecule has 2 aliphatic rings. The molecular formula is C12H10O. The minimum absolute atomic E-state index is 0.160. The highest BCUT2D eigenvalue weighted by Crippen LogP contribution is 2.52. The second-order valence-electron chi connectivity index (χ2n) is 3.90. The second kappa shape index (κ2) is 2.11. The Kier molecular flexibility index (Phi) is 1.15. The first kappa shape index (κ1) is 7.07. The smallest absolute Gasteiger partial charge is 0.185 e. The lowest BCUT2D eigenvalue weighted by atomic mass is 9.85. The van der Waals surface area contributed by atoms with Crippen LogP contribution in [0.25, 0.3) is 0 Å². The van der Waals surface area contributed by atoms with Crippen molar-refractivity contribution in [2.45, 2.75) is 18.3 Å². The predicted octanol–water partition coefficient (Wildman–Crippen LogP) is 2.47. The minimum atomic E-state index is 0.160. The van der Waals surface area contributed by atoms with E-state index in [0.717, 1.165) is 5.56 Å². The average molecular weight is 170 g/mol. The van der Waals surface area contributed by atoms with Crippen LogP contribution in [0.2, 0.25) is 0 Å². The zero-order chi connectivity index (χ0) is 8.89. The van der Waals surface area contributed by atoms with Crippen LogP contribution in [0, 0.1) is 0 Å². The maximum absolute atomic E-state index is 11.5. The number of carbonyl (C=O) groups excluding carboxylic acids is 1. The predicted molar refractivity (Wildman–Crippen MR) is 50.8 cm³/mol. The third kappa shape index (κ3) is 0.844. The van der Waals surface area contributed by atoms with Crippen molar-refractivity contribution in [1.29, 1.82) is 0 Å². The fourth-order valence-corrected chi connectivity index (χ4v) is 2.12. The minimum Gasteiger partial charge on any atom is -0.289 e. The maximum Gasteiger partial charge on any atom is 0.185 e. The Balaban J connectivity index is 2.28. The molecule has 1 fully saturated rings. The lowest BCUT2D eigenvalue weighted by molar-refractivity contribution is 0.104. The van der Waals surface area contributed by atoms with Gasteiger partial charge in [-0.15, -0.1) is 0 Å². The van der Waals surface area contributed by atoms with Gasteiger partial charge in [-0.1, -0.05) is 30.3 Å². The Bertz CT molecular complexity index is 411. The van der Waals surface area contributed by atoms with Crippen molar-refractivity contribution in [2.75, 3.05) is 0 Å². The number of benzene rings is 1. The summed E-state index contributed by atoms with van der Waals surface area (Å²) >= 11 is 0. The van der Waals surface area contributed by atoms with Gasteiger partial charge in [-0.25, -0.2) is 0 Å². The van der Waals surface area contributed by atoms with Crippen LogP contribution in [0.1, 0.15) is 28.8 Å². The Hall–Kier alpha value is -1.37. The summed E-state index contributed by atoms with van der Waals surface area (Å²) in [5, 5.41) is 0. The highest BCUT2D eigenvalue weighted by Gasteiger charge is 2.45. The molecule has 0 heterocycles. The summed E-state index contributed by atoms with van der Waals surface area (Å²) in [6.07, 6.45) is 6.22. The molecule has 0 saturated heterocycles. The molecule has 0 amide bonds. The van der Waals surface area contributed by atoms with Gasteiger partial charge in [0.05, 0.1) is 0 Å². The Morgan fingerprint density at radius 1 is 1.15 bits per heavy atom. The van der Waals surface area contributed by atoms with Gasteiger partial charge < -0.3 is 0 Å². The van der Waals surface area contributed by atoms with Crippen LogP contribution in [0.4, 0.5) is 0 Å². The molecule has 0 bridgehead atoms. The molecule has 0 N–H and O–H groups in total. The van der Waals surface area contributed by atoms with E-state index in [9.17, 15) is 4.79 Å². The largest absolute Gasteiger partial charge is 0.289 e. The van der Waals surface area contributed by atoms with Gasteiger partial charge in [0.2, 0.25) is 0 Å². The van der Waals surface area contributed by atoms with Crippen LogP contribution in [0.5, 0.6) is 0 Å². The van der Waals surface area contributed by atoms with E-state index < -0.39 is 0 Å². The summed E-state index contributed by atoms with van der Waals surface area (Å²) in [4.78, 5) is 11.5. The van der Waals surface area contributed by atoms with Crippen molar-refractivity contribution in [2.24, 2.45) is 0 Å². The molecule has 64 valence electrons. The second-order valence-corrected chi connectivity index (χ2v) is 3.90. The summed E-state index contributed by atoms with van der Waals surface area (Å²) in [5.41, 5.74) is 2.38. The van der Waals surface area contributed by atoms with Crippen LogP contribution >= 0.6 is 0 Å². The summed E-state index contributed by atoms with van der Waals surface area (Å²) in [6.45, 7) is 0. The molecule has 1 aromatic carbocycles. The number of carbonyl (C=O) groups is 1. The van der Waals surface area contributed by atoms with E-state index in [2.05, 4.69) is 12.1 Å². The molecule has 1 aromatic rings. The molecule has 1 spiro atoms. The van der Waals surface area contributed by atoms with Crippen LogP contribution in [0.15, 0.2) is 36.4 Å². The Labute approximate surface area is 77.1 Å².